The molecule has 0 bridgehead atoms. The third-order valence-corrected chi connectivity index (χ3v) is 4.10. The molecule has 0 amide bonds. The van der Waals surface area contributed by atoms with Crippen LogP contribution in [0.2, 0.25) is 0 Å². The van der Waals surface area contributed by atoms with Crippen LogP contribution in [0.25, 0.3) is 0 Å². The standard InChI is InChI=1S/C16H26N2/c1-3-18(4-2)12-11-17-16-10-9-14-7-5-6-8-15(14)13-16/h5-8,16-17H,3-4,9-13H2,1-2H3. The summed E-state index contributed by atoms with van der Waals surface area (Å²) in [6.45, 7) is 9.08. The van der Waals surface area contributed by atoms with E-state index in [1.165, 1.54) is 25.8 Å². The summed E-state index contributed by atoms with van der Waals surface area (Å²) >= 11 is 0. The van der Waals surface area contributed by atoms with Crippen molar-refractivity contribution in [1.29, 1.82) is 0 Å². The second-order valence-corrected chi connectivity index (χ2v) is 5.19. The molecule has 1 aromatic rings. The summed E-state index contributed by atoms with van der Waals surface area (Å²) in [4.78, 5) is 2.48. The minimum atomic E-state index is 0.676. The van der Waals surface area contributed by atoms with Gasteiger partial charge in [-0.05, 0) is 43.5 Å². The maximum absolute atomic E-state index is 3.72. The minimum Gasteiger partial charge on any atom is -0.312 e. The molecular weight excluding hydrogens is 220 g/mol. The molecule has 0 heterocycles. The first-order valence-corrected chi connectivity index (χ1v) is 7.36. The number of rotatable bonds is 6. The van der Waals surface area contributed by atoms with Crippen molar-refractivity contribution in [2.45, 2.75) is 39.2 Å². The number of aryl methyl sites for hydroxylation is 1. The molecule has 2 heteroatoms. The number of benzene rings is 1. The highest BCUT2D eigenvalue weighted by molar-refractivity contribution is 5.30. The van der Waals surface area contributed by atoms with Gasteiger partial charge in [0.1, 0.15) is 0 Å². The van der Waals surface area contributed by atoms with Gasteiger partial charge in [-0.3, -0.25) is 0 Å². The van der Waals surface area contributed by atoms with Crippen LogP contribution in [0, 0.1) is 0 Å². The zero-order valence-corrected chi connectivity index (χ0v) is 11.8. The van der Waals surface area contributed by atoms with E-state index in [9.17, 15) is 0 Å². The highest BCUT2D eigenvalue weighted by Gasteiger charge is 2.17. The molecule has 1 atom stereocenters. The average molecular weight is 246 g/mol. The maximum Gasteiger partial charge on any atom is 0.0111 e. The fourth-order valence-corrected chi connectivity index (χ4v) is 2.84. The van der Waals surface area contributed by atoms with E-state index >= 15 is 0 Å². The van der Waals surface area contributed by atoms with Crippen molar-refractivity contribution in [2.75, 3.05) is 26.2 Å². The molecule has 18 heavy (non-hydrogen) atoms. The van der Waals surface area contributed by atoms with E-state index in [0.717, 1.165) is 19.6 Å². The van der Waals surface area contributed by atoms with Crippen molar-refractivity contribution in [3.05, 3.63) is 35.4 Å². The Morgan fingerprint density at radius 2 is 1.89 bits per heavy atom. The first kappa shape index (κ1) is 13.6. The number of fused-ring (bicyclic) bond motifs is 1. The van der Waals surface area contributed by atoms with E-state index < -0.39 is 0 Å². The Kier molecular flexibility index (Phi) is 5.21. The summed E-state index contributed by atoms with van der Waals surface area (Å²) in [5.74, 6) is 0. The van der Waals surface area contributed by atoms with Crippen LogP contribution >= 0.6 is 0 Å². The van der Waals surface area contributed by atoms with Crippen LogP contribution in [-0.2, 0) is 12.8 Å². The lowest BCUT2D eigenvalue weighted by molar-refractivity contribution is 0.293. The van der Waals surface area contributed by atoms with Crippen LogP contribution in [0.1, 0.15) is 31.4 Å². The highest BCUT2D eigenvalue weighted by Crippen LogP contribution is 2.20. The largest absolute Gasteiger partial charge is 0.312 e. The van der Waals surface area contributed by atoms with Crippen LogP contribution < -0.4 is 5.32 Å². The molecule has 2 nitrogen and oxygen atoms in total. The molecular formula is C16H26N2. The molecule has 0 radical (unpaired) electrons. The third kappa shape index (κ3) is 3.56. The lowest BCUT2D eigenvalue weighted by Gasteiger charge is -2.27. The average Bonchev–Trinajstić information content (AvgIpc) is 2.43. The van der Waals surface area contributed by atoms with E-state index in [4.69, 9.17) is 0 Å². The molecule has 1 N–H and O–H groups in total. The predicted molar refractivity (Wildman–Crippen MR) is 78.0 cm³/mol. The van der Waals surface area contributed by atoms with Crippen LogP contribution in [0.4, 0.5) is 0 Å². The Hall–Kier alpha value is -0.860. The molecule has 1 aromatic carbocycles. The Balaban J connectivity index is 1.76. The molecule has 0 saturated heterocycles. The molecule has 1 aliphatic carbocycles. The molecule has 100 valence electrons. The van der Waals surface area contributed by atoms with Gasteiger partial charge in [-0.15, -0.1) is 0 Å². The monoisotopic (exact) mass is 246 g/mol. The Morgan fingerprint density at radius 3 is 2.61 bits per heavy atom. The fourth-order valence-electron chi connectivity index (χ4n) is 2.84. The fraction of sp³-hybridized carbons (Fsp3) is 0.625. The summed E-state index contributed by atoms with van der Waals surface area (Å²) in [5.41, 5.74) is 3.10. The topological polar surface area (TPSA) is 15.3 Å². The highest BCUT2D eigenvalue weighted by atomic mass is 15.1. The molecule has 0 saturated carbocycles. The normalized spacial score (nSPS) is 18.9. The van der Waals surface area contributed by atoms with Crippen molar-refractivity contribution < 1.29 is 0 Å². The van der Waals surface area contributed by atoms with Gasteiger partial charge >= 0.3 is 0 Å². The summed E-state index contributed by atoms with van der Waals surface area (Å²) in [6.07, 6.45) is 3.72. The second-order valence-electron chi connectivity index (χ2n) is 5.19. The molecule has 0 aliphatic heterocycles. The number of hydrogen-bond donors (Lipinski definition) is 1. The van der Waals surface area contributed by atoms with Crippen molar-refractivity contribution in [2.24, 2.45) is 0 Å². The SMILES string of the molecule is CCN(CC)CCNC1CCc2ccccc2C1. The number of likely N-dealkylation sites (N-methyl/N-ethyl adjacent to an activating group) is 1. The Bertz CT molecular complexity index is 358. The van der Waals surface area contributed by atoms with Crippen LogP contribution in [0.5, 0.6) is 0 Å². The van der Waals surface area contributed by atoms with Crippen LogP contribution in [0.15, 0.2) is 24.3 Å². The lowest BCUT2D eigenvalue weighted by atomic mass is 9.88. The van der Waals surface area contributed by atoms with Gasteiger partial charge in [0, 0.05) is 19.1 Å². The summed E-state index contributed by atoms with van der Waals surface area (Å²) in [5, 5.41) is 3.72. The van der Waals surface area contributed by atoms with Gasteiger partial charge in [0.15, 0.2) is 0 Å². The first-order valence-electron chi connectivity index (χ1n) is 7.36. The predicted octanol–water partition coefficient (Wildman–Crippen LogP) is 2.48. The van der Waals surface area contributed by atoms with Crippen molar-refractivity contribution >= 4 is 0 Å². The zero-order valence-electron chi connectivity index (χ0n) is 11.8. The van der Waals surface area contributed by atoms with Gasteiger partial charge in [-0.1, -0.05) is 38.1 Å². The number of hydrogen-bond acceptors (Lipinski definition) is 2. The van der Waals surface area contributed by atoms with Gasteiger partial charge < -0.3 is 10.2 Å². The molecule has 1 unspecified atom stereocenters. The Labute approximate surface area is 111 Å². The van der Waals surface area contributed by atoms with Gasteiger partial charge in [0.2, 0.25) is 0 Å². The van der Waals surface area contributed by atoms with Crippen LogP contribution in [-0.4, -0.2) is 37.1 Å². The van der Waals surface area contributed by atoms with Gasteiger partial charge in [-0.2, -0.15) is 0 Å². The molecule has 0 fully saturated rings. The summed E-state index contributed by atoms with van der Waals surface area (Å²) < 4.78 is 0. The van der Waals surface area contributed by atoms with E-state index in [0.29, 0.717) is 6.04 Å². The van der Waals surface area contributed by atoms with E-state index in [1.54, 1.807) is 11.1 Å². The van der Waals surface area contributed by atoms with Crippen LogP contribution in [0.3, 0.4) is 0 Å². The molecule has 0 spiro atoms. The van der Waals surface area contributed by atoms with Crippen molar-refractivity contribution in [1.82, 2.24) is 10.2 Å². The van der Waals surface area contributed by atoms with Crippen molar-refractivity contribution in [3.63, 3.8) is 0 Å². The molecule has 2 rings (SSSR count). The van der Waals surface area contributed by atoms with Gasteiger partial charge in [-0.25, -0.2) is 0 Å². The lowest BCUT2D eigenvalue weighted by Crippen LogP contribution is -2.39. The smallest absolute Gasteiger partial charge is 0.0111 e. The Morgan fingerprint density at radius 1 is 1.17 bits per heavy atom. The maximum atomic E-state index is 3.72. The van der Waals surface area contributed by atoms with E-state index in [-0.39, 0.29) is 0 Å². The van der Waals surface area contributed by atoms with Gasteiger partial charge in [0.05, 0.1) is 0 Å². The quantitative estimate of drug-likeness (QED) is 0.829. The second kappa shape index (κ2) is 6.91. The number of nitrogens with zero attached hydrogens (tertiary/aromatic N) is 1. The molecule has 1 aliphatic rings. The molecule has 0 aromatic heterocycles. The van der Waals surface area contributed by atoms with Gasteiger partial charge in [0.25, 0.3) is 0 Å². The summed E-state index contributed by atoms with van der Waals surface area (Å²) in [7, 11) is 0. The van der Waals surface area contributed by atoms with Crippen molar-refractivity contribution in [3.8, 4) is 0 Å². The summed E-state index contributed by atoms with van der Waals surface area (Å²) in [6, 6.07) is 9.56. The van der Waals surface area contributed by atoms with E-state index in [1.807, 2.05) is 0 Å². The minimum absolute atomic E-state index is 0.676. The van der Waals surface area contributed by atoms with E-state index in [2.05, 4.69) is 48.3 Å². The number of nitrogens with one attached hydrogen (secondary N) is 1. The zero-order chi connectivity index (χ0) is 12.8. The first-order chi connectivity index (χ1) is 8.83. The third-order valence-electron chi connectivity index (χ3n) is 4.10.